The number of nitrogens with two attached hydrogens (primary N) is 1. The molecule has 3 N–H and O–H groups in total. The van der Waals surface area contributed by atoms with Crippen molar-refractivity contribution in [3.8, 4) is 0 Å². The largest absolute Gasteiger partial charge is 0.396 e. The molecule has 0 aliphatic carbocycles. The fourth-order valence-corrected chi connectivity index (χ4v) is 2.43. The number of hydrogen-bond donors (Lipinski definition) is 2. The minimum Gasteiger partial charge on any atom is -0.396 e. The number of nitrogen functional groups attached to an aromatic ring is 1. The number of halogens is 1. The van der Waals surface area contributed by atoms with E-state index in [9.17, 15) is 9.18 Å². The van der Waals surface area contributed by atoms with E-state index in [-0.39, 0.29) is 11.6 Å². The number of anilines is 1. The van der Waals surface area contributed by atoms with Gasteiger partial charge >= 0.3 is 0 Å². The van der Waals surface area contributed by atoms with Gasteiger partial charge in [-0.15, -0.1) is 11.8 Å². The van der Waals surface area contributed by atoms with Crippen molar-refractivity contribution in [3.05, 3.63) is 59.9 Å². The van der Waals surface area contributed by atoms with Crippen LogP contribution in [0, 0.1) is 5.82 Å². The Morgan fingerprint density at radius 1 is 1.20 bits per heavy atom. The molecule has 2 rings (SSSR count). The Labute approximate surface area is 121 Å². The topological polar surface area (TPSA) is 55.1 Å². The summed E-state index contributed by atoms with van der Waals surface area (Å²) in [7, 11) is 0. The maximum atomic E-state index is 13.0. The molecule has 0 heterocycles. The lowest BCUT2D eigenvalue weighted by atomic mass is 10.2. The number of amides is 1. The van der Waals surface area contributed by atoms with Crippen molar-refractivity contribution in [2.24, 2.45) is 0 Å². The second-order valence-corrected chi connectivity index (χ2v) is 5.32. The highest BCUT2D eigenvalue weighted by Gasteiger charge is 2.07. The molecular weight excluding hydrogens is 275 g/mol. The van der Waals surface area contributed by atoms with Crippen LogP contribution in [-0.2, 0) is 0 Å². The van der Waals surface area contributed by atoms with Gasteiger partial charge in [0.1, 0.15) is 5.82 Å². The van der Waals surface area contributed by atoms with E-state index in [1.165, 1.54) is 18.2 Å². The summed E-state index contributed by atoms with van der Waals surface area (Å²) in [6, 6.07) is 13.9. The number of nitrogens with one attached hydrogen (secondary N) is 1. The Kier molecular flexibility index (Phi) is 5.01. The van der Waals surface area contributed by atoms with Gasteiger partial charge in [-0.25, -0.2) is 4.39 Å². The standard InChI is InChI=1S/C15H15FN2OS/c16-13-7-6-11(10-14(13)17)15(19)18-8-9-20-12-4-2-1-3-5-12/h1-7,10H,8-9,17H2,(H,18,19). The molecule has 1 amide bonds. The van der Waals surface area contributed by atoms with Gasteiger partial charge in [0.25, 0.3) is 5.91 Å². The monoisotopic (exact) mass is 290 g/mol. The first-order chi connectivity index (χ1) is 9.66. The van der Waals surface area contributed by atoms with Gasteiger partial charge in [0, 0.05) is 22.8 Å². The number of thioether (sulfide) groups is 1. The summed E-state index contributed by atoms with van der Waals surface area (Å²) < 4.78 is 13.0. The van der Waals surface area contributed by atoms with Gasteiger partial charge in [0.15, 0.2) is 0 Å². The molecule has 2 aromatic rings. The number of rotatable bonds is 5. The summed E-state index contributed by atoms with van der Waals surface area (Å²) in [5.41, 5.74) is 5.78. The molecule has 2 aromatic carbocycles. The first-order valence-corrected chi connectivity index (χ1v) is 7.16. The van der Waals surface area contributed by atoms with E-state index < -0.39 is 5.82 Å². The molecule has 0 saturated heterocycles. The molecule has 0 aliphatic heterocycles. The van der Waals surface area contributed by atoms with Crippen LogP contribution in [0.4, 0.5) is 10.1 Å². The zero-order valence-electron chi connectivity index (χ0n) is 10.8. The quantitative estimate of drug-likeness (QED) is 0.506. The lowest BCUT2D eigenvalue weighted by molar-refractivity contribution is 0.0956. The summed E-state index contributed by atoms with van der Waals surface area (Å²) in [5, 5.41) is 2.78. The Morgan fingerprint density at radius 3 is 2.65 bits per heavy atom. The molecule has 0 aliphatic rings. The SMILES string of the molecule is Nc1cc(C(=O)NCCSc2ccccc2)ccc1F. The number of hydrogen-bond acceptors (Lipinski definition) is 3. The average Bonchev–Trinajstić information content (AvgIpc) is 2.47. The van der Waals surface area contributed by atoms with E-state index in [2.05, 4.69) is 5.32 Å². The molecule has 20 heavy (non-hydrogen) atoms. The minimum absolute atomic E-state index is 0.0173. The zero-order chi connectivity index (χ0) is 14.4. The highest BCUT2D eigenvalue weighted by atomic mass is 32.2. The predicted molar refractivity (Wildman–Crippen MR) is 80.3 cm³/mol. The molecule has 5 heteroatoms. The second-order valence-electron chi connectivity index (χ2n) is 4.15. The summed E-state index contributed by atoms with van der Waals surface area (Å²) >= 11 is 1.66. The number of carbonyl (C=O) groups is 1. The molecule has 0 saturated carbocycles. The molecule has 0 radical (unpaired) electrons. The van der Waals surface area contributed by atoms with Gasteiger partial charge in [-0.3, -0.25) is 4.79 Å². The van der Waals surface area contributed by atoms with Crippen molar-refractivity contribution in [3.63, 3.8) is 0 Å². The molecule has 0 unspecified atom stereocenters. The van der Waals surface area contributed by atoms with E-state index in [1.54, 1.807) is 11.8 Å². The highest BCUT2D eigenvalue weighted by Crippen LogP contribution is 2.16. The first-order valence-electron chi connectivity index (χ1n) is 6.18. The lowest BCUT2D eigenvalue weighted by Gasteiger charge is -2.06. The Bertz CT molecular complexity index is 590. The van der Waals surface area contributed by atoms with Crippen LogP contribution in [0.1, 0.15) is 10.4 Å². The molecule has 0 atom stereocenters. The van der Waals surface area contributed by atoms with Crippen molar-refractivity contribution in [1.82, 2.24) is 5.32 Å². The van der Waals surface area contributed by atoms with Crippen LogP contribution in [0.5, 0.6) is 0 Å². The first kappa shape index (κ1) is 14.4. The van der Waals surface area contributed by atoms with Gasteiger partial charge < -0.3 is 11.1 Å². The summed E-state index contributed by atoms with van der Waals surface area (Å²) in [6.45, 7) is 0.537. The van der Waals surface area contributed by atoms with Crippen molar-refractivity contribution >= 4 is 23.4 Å². The molecule has 0 fully saturated rings. The van der Waals surface area contributed by atoms with Crippen LogP contribution in [0.3, 0.4) is 0 Å². The fraction of sp³-hybridized carbons (Fsp3) is 0.133. The molecule has 0 bridgehead atoms. The van der Waals surface area contributed by atoms with Crippen LogP contribution in [0.25, 0.3) is 0 Å². The van der Waals surface area contributed by atoms with Crippen molar-refractivity contribution in [1.29, 1.82) is 0 Å². The van der Waals surface area contributed by atoms with Crippen LogP contribution < -0.4 is 11.1 Å². The van der Waals surface area contributed by atoms with Crippen LogP contribution in [0.2, 0.25) is 0 Å². The van der Waals surface area contributed by atoms with Gasteiger partial charge in [0.05, 0.1) is 5.69 Å². The van der Waals surface area contributed by atoms with Gasteiger partial charge in [-0.05, 0) is 30.3 Å². The van der Waals surface area contributed by atoms with Gasteiger partial charge in [0.2, 0.25) is 0 Å². The van der Waals surface area contributed by atoms with E-state index in [0.717, 1.165) is 10.6 Å². The van der Waals surface area contributed by atoms with Gasteiger partial charge in [-0.1, -0.05) is 18.2 Å². The van der Waals surface area contributed by atoms with Crippen LogP contribution in [-0.4, -0.2) is 18.2 Å². The summed E-state index contributed by atoms with van der Waals surface area (Å²) in [5.74, 6) is 0.0124. The Balaban J connectivity index is 1.79. The molecule has 3 nitrogen and oxygen atoms in total. The third kappa shape index (κ3) is 3.99. The fourth-order valence-electron chi connectivity index (χ4n) is 1.64. The molecular formula is C15H15FN2OS. The number of carbonyl (C=O) groups excluding carboxylic acids is 1. The van der Waals surface area contributed by atoms with E-state index in [1.807, 2.05) is 30.3 Å². The van der Waals surface area contributed by atoms with Crippen LogP contribution >= 0.6 is 11.8 Å². The van der Waals surface area contributed by atoms with Crippen molar-refractivity contribution < 1.29 is 9.18 Å². The van der Waals surface area contributed by atoms with Crippen molar-refractivity contribution in [2.75, 3.05) is 18.0 Å². The van der Waals surface area contributed by atoms with Gasteiger partial charge in [-0.2, -0.15) is 0 Å². The maximum Gasteiger partial charge on any atom is 0.251 e. The third-order valence-electron chi connectivity index (χ3n) is 2.66. The molecule has 0 spiro atoms. The lowest BCUT2D eigenvalue weighted by Crippen LogP contribution is -2.25. The predicted octanol–water partition coefficient (Wildman–Crippen LogP) is 2.93. The second kappa shape index (κ2) is 6.96. The van der Waals surface area contributed by atoms with Crippen LogP contribution in [0.15, 0.2) is 53.4 Å². The Morgan fingerprint density at radius 2 is 1.95 bits per heavy atom. The number of benzene rings is 2. The smallest absolute Gasteiger partial charge is 0.251 e. The maximum absolute atomic E-state index is 13.0. The summed E-state index contributed by atoms with van der Waals surface area (Å²) in [6.07, 6.45) is 0. The van der Waals surface area contributed by atoms with E-state index >= 15 is 0 Å². The minimum atomic E-state index is -0.513. The third-order valence-corrected chi connectivity index (χ3v) is 3.67. The van der Waals surface area contributed by atoms with E-state index in [4.69, 9.17) is 5.73 Å². The van der Waals surface area contributed by atoms with Crippen molar-refractivity contribution in [2.45, 2.75) is 4.90 Å². The molecule has 104 valence electrons. The normalized spacial score (nSPS) is 10.2. The van der Waals surface area contributed by atoms with E-state index in [0.29, 0.717) is 12.1 Å². The summed E-state index contributed by atoms with van der Waals surface area (Å²) in [4.78, 5) is 13.0. The Hall–Kier alpha value is -2.01. The highest BCUT2D eigenvalue weighted by molar-refractivity contribution is 7.99. The average molecular weight is 290 g/mol. The molecule has 0 aromatic heterocycles. The zero-order valence-corrected chi connectivity index (χ0v) is 11.6.